The summed E-state index contributed by atoms with van der Waals surface area (Å²) in [5, 5.41) is 5.37. The number of amides is 2. The van der Waals surface area contributed by atoms with Crippen molar-refractivity contribution in [3.63, 3.8) is 0 Å². The van der Waals surface area contributed by atoms with Gasteiger partial charge in [-0.1, -0.05) is 13.8 Å². The van der Waals surface area contributed by atoms with E-state index in [1.807, 2.05) is 13.8 Å². The molecule has 0 saturated heterocycles. The molecular weight excluding hydrogens is 244 g/mol. The van der Waals surface area contributed by atoms with Crippen LogP contribution in [0.25, 0.3) is 0 Å². The number of allylic oxidation sites excluding steroid dienone is 1. The first-order valence-corrected chi connectivity index (χ1v) is 6.34. The third-order valence-corrected chi connectivity index (χ3v) is 2.99. The lowest BCUT2D eigenvalue weighted by Crippen LogP contribution is -2.45. The fourth-order valence-electron chi connectivity index (χ4n) is 2.21. The van der Waals surface area contributed by atoms with Crippen LogP contribution in [0.2, 0.25) is 0 Å². The summed E-state index contributed by atoms with van der Waals surface area (Å²) in [6, 6.07) is 2.67. The zero-order valence-electron chi connectivity index (χ0n) is 11.3. The molecule has 1 aliphatic heterocycles. The number of urea groups is 1. The summed E-state index contributed by atoms with van der Waals surface area (Å²) >= 11 is 0. The minimum Gasteiger partial charge on any atom is -0.467 e. The number of furan rings is 1. The Labute approximate surface area is 112 Å². The molecule has 0 aliphatic carbocycles. The molecule has 0 aromatic carbocycles. The topological polar surface area (TPSA) is 71.3 Å². The van der Waals surface area contributed by atoms with Crippen LogP contribution in [-0.4, -0.2) is 11.8 Å². The van der Waals surface area contributed by atoms with Crippen molar-refractivity contribution >= 4 is 11.8 Å². The van der Waals surface area contributed by atoms with Crippen molar-refractivity contribution < 1.29 is 14.0 Å². The Morgan fingerprint density at radius 3 is 2.79 bits per heavy atom. The van der Waals surface area contributed by atoms with E-state index in [2.05, 4.69) is 10.6 Å². The highest BCUT2D eigenvalue weighted by molar-refractivity contribution is 5.99. The maximum absolute atomic E-state index is 12.3. The van der Waals surface area contributed by atoms with E-state index in [1.165, 1.54) is 6.26 Å². The van der Waals surface area contributed by atoms with Crippen molar-refractivity contribution in [2.75, 3.05) is 0 Å². The SMILES string of the molecule is CC1=C(C(=O)CC(C)C)C(c2ccco2)NC(=O)N1. The Bertz CT molecular complexity index is 515. The fraction of sp³-hybridized carbons (Fsp3) is 0.429. The van der Waals surface area contributed by atoms with Crippen LogP contribution in [-0.2, 0) is 4.79 Å². The zero-order valence-corrected chi connectivity index (χ0v) is 11.3. The molecule has 2 heterocycles. The Balaban J connectivity index is 2.36. The van der Waals surface area contributed by atoms with Gasteiger partial charge in [-0.05, 0) is 25.0 Å². The van der Waals surface area contributed by atoms with Crippen molar-refractivity contribution in [1.29, 1.82) is 0 Å². The van der Waals surface area contributed by atoms with Gasteiger partial charge in [0, 0.05) is 17.7 Å². The zero-order chi connectivity index (χ0) is 14.0. The van der Waals surface area contributed by atoms with Gasteiger partial charge in [-0.3, -0.25) is 4.79 Å². The molecular formula is C14H18N2O3. The van der Waals surface area contributed by atoms with E-state index in [0.717, 1.165) is 0 Å². The quantitative estimate of drug-likeness (QED) is 0.875. The maximum atomic E-state index is 12.3. The lowest BCUT2D eigenvalue weighted by molar-refractivity contribution is -0.116. The van der Waals surface area contributed by atoms with Crippen LogP contribution in [0, 0.1) is 5.92 Å². The second kappa shape index (κ2) is 5.30. The molecule has 0 fully saturated rings. The van der Waals surface area contributed by atoms with Gasteiger partial charge in [-0.25, -0.2) is 4.79 Å². The standard InChI is InChI=1S/C14H18N2O3/c1-8(2)7-10(17)12-9(3)15-14(18)16-13(12)11-5-4-6-19-11/h4-6,8,13H,7H2,1-3H3,(H2,15,16,18). The highest BCUT2D eigenvalue weighted by Gasteiger charge is 2.32. The Morgan fingerprint density at radius 1 is 1.47 bits per heavy atom. The summed E-state index contributed by atoms with van der Waals surface area (Å²) in [5.74, 6) is 0.866. The first-order chi connectivity index (χ1) is 8.99. The third kappa shape index (κ3) is 2.86. The average molecular weight is 262 g/mol. The number of carbonyl (C=O) groups excluding carboxylic acids is 2. The number of Topliss-reactive ketones (excluding diaryl/α,β-unsaturated/α-hetero) is 1. The van der Waals surface area contributed by atoms with Gasteiger partial charge in [0.25, 0.3) is 0 Å². The molecule has 0 saturated carbocycles. The van der Waals surface area contributed by atoms with Gasteiger partial charge in [-0.15, -0.1) is 0 Å². The number of carbonyl (C=O) groups is 2. The molecule has 1 aromatic rings. The number of hydrogen-bond acceptors (Lipinski definition) is 3. The fourth-order valence-corrected chi connectivity index (χ4v) is 2.21. The summed E-state index contributed by atoms with van der Waals surface area (Å²) in [4.78, 5) is 23.9. The normalized spacial score (nSPS) is 19.4. The molecule has 5 nitrogen and oxygen atoms in total. The number of hydrogen-bond donors (Lipinski definition) is 2. The van der Waals surface area contributed by atoms with Crippen LogP contribution in [0.4, 0.5) is 4.79 Å². The summed E-state index contributed by atoms with van der Waals surface area (Å²) in [7, 11) is 0. The van der Waals surface area contributed by atoms with E-state index >= 15 is 0 Å². The largest absolute Gasteiger partial charge is 0.467 e. The van der Waals surface area contributed by atoms with Gasteiger partial charge in [0.05, 0.1) is 6.26 Å². The van der Waals surface area contributed by atoms with E-state index in [4.69, 9.17) is 4.42 Å². The molecule has 19 heavy (non-hydrogen) atoms. The molecule has 1 aromatic heterocycles. The van der Waals surface area contributed by atoms with Crippen LogP contribution < -0.4 is 10.6 Å². The van der Waals surface area contributed by atoms with Crippen LogP contribution in [0.1, 0.15) is 39.0 Å². The van der Waals surface area contributed by atoms with Crippen molar-refractivity contribution in [2.45, 2.75) is 33.2 Å². The first kappa shape index (κ1) is 13.4. The Hall–Kier alpha value is -2.04. The van der Waals surface area contributed by atoms with E-state index in [1.54, 1.807) is 19.1 Å². The molecule has 0 bridgehead atoms. The monoisotopic (exact) mass is 262 g/mol. The molecule has 2 rings (SSSR count). The van der Waals surface area contributed by atoms with Crippen LogP contribution in [0.3, 0.4) is 0 Å². The van der Waals surface area contributed by atoms with Crippen molar-refractivity contribution in [3.05, 3.63) is 35.4 Å². The van der Waals surface area contributed by atoms with Crippen molar-refractivity contribution in [1.82, 2.24) is 10.6 Å². The molecule has 0 spiro atoms. The third-order valence-electron chi connectivity index (χ3n) is 2.99. The van der Waals surface area contributed by atoms with Crippen LogP contribution in [0.5, 0.6) is 0 Å². The average Bonchev–Trinajstić information content (AvgIpc) is 2.79. The maximum Gasteiger partial charge on any atom is 0.319 e. The van der Waals surface area contributed by atoms with E-state index in [0.29, 0.717) is 23.5 Å². The lowest BCUT2D eigenvalue weighted by Gasteiger charge is -2.27. The molecule has 5 heteroatoms. The minimum atomic E-state index is -0.505. The molecule has 2 amide bonds. The summed E-state index contributed by atoms with van der Waals surface area (Å²) in [6.07, 6.45) is 1.98. The first-order valence-electron chi connectivity index (χ1n) is 6.34. The summed E-state index contributed by atoms with van der Waals surface area (Å²) in [5.41, 5.74) is 1.17. The van der Waals surface area contributed by atoms with Gasteiger partial charge in [-0.2, -0.15) is 0 Å². The molecule has 1 aliphatic rings. The minimum absolute atomic E-state index is 0.0291. The number of ketones is 1. The lowest BCUT2D eigenvalue weighted by atomic mass is 9.92. The second-order valence-electron chi connectivity index (χ2n) is 5.11. The van der Waals surface area contributed by atoms with Gasteiger partial charge in [0.1, 0.15) is 11.8 Å². The van der Waals surface area contributed by atoms with Crippen LogP contribution in [0.15, 0.2) is 34.1 Å². The highest BCUT2D eigenvalue weighted by Crippen LogP contribution is 2.29. The number of rotatable bonds is 4. The van der Waals surface area contributed by atoms with Gasteiger partial charge >= 0.3 is 6.03 Å². The summed E-state index contributed by atoms with van der Waals surface area (Å²) in [6.45, 7) is 5.72. The summed E-state index contributed by atoms with van der Waals surface area (Å²) < 4.78 is 5.33. The smallest absolute Gasteiger partial charge is 0.319 e. The van der Waals surface area contributed by atoms with Crippen LogP contribution >= 0.6 is 0 Å². The molecule has 2 N–H and O–H groups in total. The van der Waals surface area contributed by atoms with E-state index in [-0.39, 0.29) is 17.7 Å². The van der Waals surface area contributed by atoms with Gasteiger partial charge in [0.15, 0.2) is 5.78 Å². The predicted octanol–water partition coefficient (Wildman–Crippen LogP) is 2.52. The molecule has 1 unspecified atom stereocenters. The predicted molar refractivity (Wildman–Crippen MR) is 70.3 cm³/mol. The molecule has 1 atom stereocenters. The van der Waals surface area contributed by atoms with Crippen molar-refractivity contribution in [3.8, 4) is 0 Å². The second-order valence-corrected chi connectivity index (χ2v) is 5.11. The molecule has 102 valence electrons. The van der Waals surface area contributed by atoms with E-state index < -0.39 is 6.04 Å². The van der Waals surface area contributed by atoms with E-state index in [9.17, 15) is 9.59 Å². The van der Waals surface area contributed by atoms with Gasteiger partial charge in [0.2, 0.25) is 0 Å². The number of nitrogens with one attached hydrogen (secondary N) is 2. The Kier molecular flexibility index (Phi) is 3.74. The highest BCUT2D eigenvalue weighted by atomic mass is 16.3. The van der Waals surface area contributed by atoms with Gasteiger partial charge < -0.3 is 15.1 Å². The van der Waals surface area contributed by atoms with Crippen molar-refractivity contribution in [2.24, 2.45) is 5.92 Å². The Morgan fingerprint density at radius 2 is 2.21 bits per heavy atom. The molecule has 0 radical (unpaired) electrons.